The summed E-state index contributed by atoms with van der Waals surface area (Å²) in [6, 6.07) is 10.5. The molecule has 0 radical (unpaired) electrons. The first kappa shape index (κ1) is 14.1. The molecule has 1 N–H and O–H groups in total. The fourth-order valence-corrected chi connectivity index (χ4v) is 2.63. The van der Waals surface area contributed by atoms with E-state index in [2.05, 4.69) is 36.5 Å². The third kappa shape index (κ3) is 4.70. The van der Waals surface area contributed by atoms with E-state index in [9.17, 15) is 4.79 Å². The maximum absolute atomic E-state index is 12.0. The summed E-state index contributed by atoms with van der Waals surface area (Å²) in [4.78, 5) is 12.0. The average Bonchev–Trinajstić information content (AvgIpc) is 3.26. The largest absolute Gasteiger partial charge is 0.356 e. The number of hydrogen-bond donors (Lipinski definition) is 1. The molecular weight excluding hydrogens is 234 g/mol. The quantitative estimate of drug-likeness (QED) is 0.705. The Hall–Kier alpha value is -1.31. The lowest BCUT2D eigenvalue weighted by molar-refractivity contribution is -0.121. The molecule has 2 heteroatoms. The highest BCUT2D eigenvalue weighted by molar-refractivity contribution is 5.77. The predicted octanol–water partition coefficient (Wildman–Crippen LogP) is 3.88. The van der Waals surface area contributed by atoms with Gasteiger partial charge in [0, 0.05) is 13.0 Å². The van der Waals surface area contributed by atoms with Gasteiger partial charge >= 0.3 is 0 Å². The molecule has 0 saturated heterocycles. The fourth-order valence-electron chi connectivity index (χ4n) is 2.63. The number of carbonyl (C=O) groups is 1. The fraction of sp³-hybridized carbons (Fsp3) is 0.588. The number of nitrogens with one attached hydrogen (secondary N) is 1. The normalized spacial score (nSPS) is 16.1. The first-order valence-corrected chi connectivity index (χ1v) is 7.63. The molecule has 1 atom stereocenters. The van der Waals surface area contributed by atoms with Gasteiger partial charge in [-0.25, -0.2) is 0 Å². The Labute approximate surface area is 116 Å². The molecule has 1 aliphatic rings. The van der Waals surface area contributed by atoms with E-state index in [0.29, 0.717) is 12.3 Å². The SMILES string of the molecule is CCCCCNC(=O)CC(c1ccccc1)C1CC1. The van der Waals surface area contributed by atoms with E-state index in [1.54, 1.807) is 0 Å². The zero-order valence-electron chi connectivity index (χ0n) is 11.9. The van der Waals surface area contributed by atoms with Crippen LogP contribution in [0.3, 0.4) is 0 Å². The maximum Gasteiger partial charge on any atom is 0.220 e. The molecule has 1 unspecified atom stereocenters. The predicted molar refractivity (Wildman–Crippen MR) is 79.1 cm³/mol. The molecule has 1 aromatic rings. The Bertz CT molecular complexity index is 384. The summed E-state index contributed by atoms with van der Waals surface area (Å²) < 4.78 is 0. The van der Waals surface area contributed by atoms with Crippen molar-refractivity contribution in [2.45, 2.75) is 51.4 Å². The highest BCUT2D eigenvalue weighted by Gasteiger charge is 2.33. The van der Waals surface area contributed by atoms with Crippen LogP contribution >= 0.6 is 0 Å². The van der Waals surface area contributed by atoms with Crippen LogP contribution in [0.4, 0.5) is 0 Å². The molecule has 1 aromatic carbocycles. The number of amides is 1. The van der Waals surface area contributed by atoms with Crippen molar-refractivity contribution in [2.24, 2.45) is 5.92 Å². The molecule has 2 nitrogen and oxygen atoms in total. The maximum atomic E-state index is 12.0. The van der Waals surface area contributed by atoms with Crippen molar-refractivity contribution in [2.75, 3.05) is 6.54 Å². The van der Waals surface area contributed by atoms with Gasteiger partial charge in [-0.1, -0.05) is 50.1 Å². The second-order valence-electron chi connectivity index (χ2n) is 5.62. The van der Waals surface area contributed by atoms with Gasteiger partial charge in [0.1, 0.15) is 0 Å². The molecule has 1 aliphatic carbocycles. The lowest BCUT2D eigenvalue weighted by Gasteiger charge is -2.16. The van der Waals surface area contributed by atoms with Crippen LogP contribution in [0.15, 0.2) is 30.3 Å². The van der Waals surface area contributed by atoms with Gasteiger partial charge in [0.25, 0.3) is 0 Å². The third-order valence-electron chi connectivity index (χ3n) is 3.93. The second kappa shape index (κ2) is 7.32. The summed E-state index contributed by atoms with van der Waals surface area (Å²) in [5.41, 5.74) is 1.33. The van der Waals surface area contributed by atoms with Crippen molar-refractivity contribution in [3.8, 4) is 0 Å². The van der Waals surface area contributed by atoms with Crippen molar-refractivity contribution in [3.63, 3.8) is 0 Å². The highest BCUT2D eigenvalue weighted by Crippen LogP contribution is 2.44. The minimum Gasteiger partial charge on any atom is -0.356 e. The Morgan fingerprint density at radius 3 is 2.63 bits per heavy atom. The molecule has 104 valence electrons. The molecule has 0 bridgehead atoms. The average molecular weight is 259 g/mol. The zero-order valence-corrected chi connectivity index (χ0v) is 11.9. The molecule has 1 amide bonds. The van der Waals surface area contributed by atoms with Crippen molar-refractivity contribution >= 4 is 5.91 Å². The molecule has 1 fully saturated rings. The van der Waals surface area contributed by atoms with E-state index in [0.717, 1.165) is 18.9 Å². The number of carbonyl (C=O) groups excluding carboxylic acids is 1. The van der Waals surface area contributed by atoms with Crippen molar-refractivity contribution in [1.82, 2.24) is 5.32 Å². The molecule has 0 aliphatic heterocycles. The van der Waals surface area contributed by atoms with Crippen molar-refractivity contribution < 1.29 is 4.79 Å². The molecule has 1 saturated carbocycles. The second-order valence-corrected chi connectivity index (χ2v) is 5.62. The highest BCUT2D eigenvalue weighted by atomic mass is 16.1. The van der Waals surface area contributed by atoms with Crippen molar-refractivity contribution in [3.05, 3.63) is 35.9 Å². The van der Waals surface area contributed by atoms with Gasteiger partial charge in [0.15, 0.2) is 0 Å². The van der Waals surface area contributed by atoms with Gasteiger partial charge in [-0.15, -0.1) is 0 Å². The van der Waals surface area contributed by atoms with Crippen LogP contribution < -0.4 is 5.32 Å². The van der Waals surface area contributed by atoms with Crippen LogP contribution in [0.25, 0.3) is 0 Å². The smallest absolute Gasteiger partial charge is 0.220 e. The number of rotatable bonds is 8. The summed E-state index contributed by atoms with van der Waals surface area (Å²) in [5.74, 6) is 1.37. The molecule has 0 aromatic heterocycles. The minimum atomic E-state index is 0.219. The Morgan fingerprint density at radius 2 is 2.00 bits per heavy atom. The summed E-state index contributed by atoms with van der Waals surface area (Å²) in [7, 11) is 0. The zero-order chi connectivity index (χ0) is 13.5. The van der Waals surface area contributed by atoms with Crippen LogP contribution in [-0.2, 0) is 4.79 Å². The van der Waals surface area contributed by atoms with Crippen LogP contribution in [0.5, 0.6) is 0 Å². The summed E-state index contributed by atoms with van der Waals surface area (Å²) in [5, 5.41) is 3.06. The summed E-state index contributed by atoms with van der Waals surface area (Å²) >= 11 is 0. The van der Waals surface area contributed by atoms with Crippen LogP contribution in [0.1, 0.15) is 56.9 Å². The lowest BCUT2D eigenvalue weighted by atomic mass is 9.91. The molecule has 0 spiro atoms. The Balaban J connectivity index is 1.82. The van der Waals surface area contributed by atoms with Crippen LogP contribution in [0, 0.1) is 5.92 Å². The Morgan fingerprint density at radius 1 is 1.26 bits per heavy atom. The third-order valence-corrected chi connectivity index (χ3v) is 3.93. The standard InChI is InChI=1S/C17H25NO/c1-2-3-7-12-18-17(19)13-16(15-10-11-15)14-8-5-4-6-9-14/h4-6,8-9,15-16H,2-3,7,10-13H2,1H3,(H,18,19). The molecule has 0 heterocycles. The number of hydrogen-bond acceptors (Lipinski definition) is 1. The van der Waals surface area contributed by atoms with E-state index in [1.807, 2.05) is 6.07 Å². The minimum absolute atomic E-state index is 0.219. The van der Waals surface area contributed by atoms with Gasteiger partial charge in [-0.2, -0.15) is 0 Å². The first-order chi connectivity index (χ1) is 9.31. The monoisotopic (exact) mass is 259 g/mol. The van der Waals surface area contributed by atoms with Gasteiger partial charge in [-0.05, 0) is 36.7 Å². The molecular formula is C17H25NO. The van der Waals surface area contributed by atoms with Gasteiger partial charge in [-0.3, -0.25) is 4.79 Å². The Kier molecular flexibility index (Phi) is 5.44. The summed E-state index contributed by atoms with van der Waals surface area (Å²) in [6.45, 7) is 3.01. The van der Waals surface area contributed by atoms with E-state index < -0.39 is 0 Å². The van der Waals surface area contributed by atoms with Gasteiger partial charge < -0.3 is 5.32 Å². The lowest BCUT2D eigenvalue weighted by Crippen LogP contribution is -2.26. The van der Waals surface area contributed by atoms with Gasteiger partial charge in [0.2, 0.25) is 5.91 Å². The van der Waals surface area contributed by atoms with E-state index in [1.165, 1.54) is 31.2 Å². The molecule has 2 rings (SSSR count). The van der Waals surface area contributed by atoms with E-state index in [4.69, 9.17) is 0 Å². The first-order valence-electron chi connectivity index (χ1n) is 7.63. The number of unbranched alkanes of at least 4 members (excludes halogenated alkanes) is 2. The molecule has 19 heavy (non-hydrogen) atoms. The van der Waals surface area contributed by atoms with Gasteiger partial charge in [0.05, 0.1) is 0 Å². The number of benzene rings is 1. The van der Waals surface area contributed by atoms with Crippen molar-refractivity contribution in [1.29, 1.82) is 0 Å². The van der Waals surface area contributed by atoms with Crippen LogP contribution in [-0.4, -0.2) is 12.5 Å². The van der Waals surface area contributed by atoms with Crippen LogP contribution in [0.2, 0.25) is 0 Å². The van der Waals surface area contributed by atoms with E-state index in [-0.39, 0.29) is 5.91 Å². The van der Waals surface area contributed by atoms with E-state index >= 15 is 0 Å². The topological polar surface area (TPSA) is 29.1 Å². The summed E-state index contributed by atoms with van der Waals surface area (Å²) in [6.07, 6.45) is 6.71.